The highest BCUT2D eigenvalue weighted by molar-refractivity contribution is 5.30. The van der Waals surface area contributed by atoms with Crippen LogP contribution in [-0.2, 0) is 13.1 Å². The van der Waals surface area contributed by atoms with Crippen molar-refractivity contribution in [3.8, 4) is 0 Å². The van der Waals surface area contributed by atoms with Crippen molar-refractivity contribution in [3.63, 3.8) is 0 Å². The van der Waals surface area contributed by atoms with Gasteiger partial charge in [0.1, 0.15) is 0 Å². The molecule has 1 aliphatic rings. The summed E-state index contributed by atoms with van der Waals surface area (Å²) in [5.74, 6) is 0.392. The fourth-order valence-corrected chi connectivity index (χ4v) is 2.25. The second-order valence-corrected chi connectivity index (χ2v) is 4.89. The fraction of sp³-hybridized carbons (Fsp3) is 0.571. The summed E-state index contributed by atoms with van der Waals surface area (Å²) >= 11 is 0. The van der Waals surface area contributed by atoms with E-state index in [1.807, 2.05) is 0 Å². The number of rotatable bonds is 4. The molecule has 1 aliphatic heterocycles. The van der Waals surface area contributed by atoms with Crippen LogP contribution in [0.1, 0.15) is 31.4 Å². The number of nitrogens with zero attached hydrogens (tertiary/aromatic N) is 1. The molecule has 0 saturated heterocycles. The number of hydrogen-bond acceptors (Lipinski definition) is 2. The summed E-state index contributed by atoms with van der Waals surface area (Å²) < 4.78 is 0. The number of hydrogen-bond donors (Lipinski definition) is 1. The van der Waals surface area contributed by atoms with Gasteiger partial charge in [-0.1, -0.05) is 44.5 Å². The third kappa shape index (κ3) is 2.45. The molecule has 0 fully saturated rings. The van der Waals surface area contributed by atoms with Crippen LogP contribution in [0.3, 0.4) is 0 Å². The largest absolute Gasteiger partial charge is 0.392 e. The Bertz CT molecular complexity index is 325. The van der Waals surface area contributed by atoms with Gasteiger partial charge in [-0.3, -0.25) is 4.90 Å². The Morgan fingerprint density at radius 3 is 2.31 bits per heavy atom. The normalized spacial score (nSPS) is 19.4. The van der Waals surface area contributed by atoms with E-state index in [1.54, 1.807) is 0 Å². The van der Waals surface area contributed by atoms with Crippen LogP contribution in [0.5, 0.6) is 0 Å². The lowest BCUT2D eigenvalue weighted by Gasteiger charge is -2.23. The third-order valence-electron chi connectivity index (χ3n) is 3.65. The average Bonchev–Trinajstić information content (AvgIpc) is 2.69. The lowest BCUT2D eigenvalue weighted by atomic mass is 10.0. The van der Waals surface area contributed by atoms with Crippen LogP contribution in [0.2, 0.25) is 0 Å². The van der Waals surface area contributed by atoms with Crippen LogP contribution in [0.25, 0.3) is 0 Å². The van der Waals surface area contributed by atoms with Crippen LogP contribution >= 0.6 is 0 Å². The Hall–Kier alpha value is -0.860. The highest BCUT2D eigenvalue weighted by Gasteiger charge is 2.22. The molecule has 1 N–H and O–H groups in total. The van der Waals surface area contributed by atoms with Gasteiger partial charge >= 0.3 is 0 Å². The number of β-amino-alcohol motifs (C(OH)–C–C–N with tert-alkyl or cyclic N) is 1. The standard InChI is InChI=1S/C14H21NO/c1-3-11(2)14(16)10-15-8-12-6-4-5-7-13(12)9-15/h4-7,11,14,16H,3,8-10H2,1-2H3. The minimum atomic E-state index is -0.195. The molecular weight excluding hydrogens is 198 g/mol. The zero-order valence-electron chi connectivity index (χ0n) is 10.2. The Kier molecular flexibility index (Phi) is 3.62. The highest BCUT2D eigenvalue weighted by atomic mass is 16.3. The minimum absolute atomic E-state index is 0.195. The van der Waals surface area contributed by atoms with Gasteiger partial charge in [-0.15, -0.1) is 0 Å². The summed E-state index contributed by atoms with van der Waals surface area (Å²) in [6.07, 6.45) is 0.849. The summed E-state index contributed by atoms with van der Waals surface area (Å²) in [6.45, 7) is 7.03. The van der Waals surface area contributed by atoms with E-state index in [2.05, 4.69) is 43.0 Å². The van der Waals surface area contributed by atoms with Crippen LogP contribution in [0.4, 0.5) is 0 Å². The van der Waals surface area contributed by atoms with E-state index < -0.39 is 0 Å². The van der Waals surface area contributed by atoms with Gasteiger partial charge in [0.05, 0.1) is 6.10 Å². The first-order valence-corrected chi connectivity index (χ1v) is 6.18. The Morgan fingerprint density at radius 1 is 1.25 bits per heavy atom. The van der Waals surface area contributed by atoms with Gasteiger partial charge in [0.25, 0.3) is 0 Å². The number of fused-ring (bicyclic) bond motifs is 1. The predicted molar refractivity (Wildman–Crippen MR) is 66.0 cm³/mol. The fourth-order valence-electron chi connectivity index (χ4n) is 2.25. The molecule has 16 heavy (non-hydrogen) atoms. The van der Waals surface area contributed by atoms with Crippen molar-refractivity contribution in [2.24, 2.45) is 5.92 Å². The second-order valence-electron chi connectivity index (χ2n) is 4.89. The molecule has 88 valence electrons. The van der Waals surface area contributed by atoms with E-state index in [4.69, 9.17) is 0 Å². The minimum Gasteiger partial charge on any atom is -0.392 e. The molecule has 1 heterocycles. The molecule has 0 aromatic heterocycles. The lowest BCUT2D eigenvalue weighted by Crippen LogP contribution is -2.32. The number of aliphatic hydroxyl groups is 1. The molecule has 1 aromatic carbocycles. The molecule has 0 radical (unpaired) electrons. The summed E-state index contributed by atoms with van der Waals surface area (Å²) in [7, 11) is 0. The van der Waals surface area contributed by atoms with Gasteiger partial charge in [0.2, 0.25) is 0 Å². The van der Waals surface area contributed by atoms with Crippen LogP contribution in [0.15, 0.2) is 24.3 Å². The zero-order valence-corrected chi connectivity index (χ0v) is 10.2. The molecular formula is C14H21NO. The van der Waals surface area contributed by atoms with E-state index in [1.165, 1.54) is 11.1 Å². The monoisotopic (exact) mass is 219 g/mol. The molecule has 0 amide bonds. The molecule has 2 nitrogen and oxygen atoms in total. The van der Waals surface area contributed by atoms with E-state index in [-0.39, 0.29) is 6.10 Å². The van der Waals surface area contributed by atoms with E-state index in [9.17, 15) is 5.11 Å². The summed E-state index contributed by atoms with van der Waals surface area (Å²) in [5.41, 5.74) is 2.83. The van der Waals surface area contributed by atoms with Gasteiger partial charge < -0.3 is 5.11 Å². The van der Waals surface area contributed by atoms with Gasteiger partial charge in [-0.2, -0.15) is 0 Å². The lowest BCUT2D eigenvalue weighted by molar-refractivity contribution is 0.0674. The Morgan fingerprint density at radius 2 is 1.81 bits per heavy atom. The maximum absolute atomic E-state index is 10.0. The Balaban J connectivity index is 1.92. The van der Waals surface area contributed by atoms with Gasteiger partial charge in [0, 0.05) is 19.6 Å². The van der Waals surface area contributed by atoms with E-state index in [0.29, 0.717) is 5.92 Å². The van der Waals surface area contributed by atoms with Crippen molar-refractivity contribution in [3.05, 3.63) is 35.4 Å². The van der Waals surface area contributed by atoms with Crippen molar-refractivity contribution < 1.29 is 5.11 Å². The topological polar surface area (TPSA) is 23.5 Å². The SMILES string of the molecule is CCC(C)C(O)CN1Cc2ccccc2C1. The Labute approximate surface area is 97.9 Å². The van der Waals surface area contributed by atoms with Gasteiger partial charge in [-0.25, -0.2) is 0 Å². The molecule has 0 saturated carbocycles. The van der Waals surface area contributed by atoms with E-state index in [0.717, 1.165) is 26.1 Å². The highest BCUT2D eigenvalue weighted by Crippen LogP contribution is 2.23. The summed E-state index contributed by atoms with van der Waals surface area (Å²) in [5, 5.41) is 10.0. The smallest absolute Gasteiger partial charge is 0.0692 e. The summed E-state index contributed by atoms with van der Waals surface area (Å²) in [4.78, 5) is 2.33. The molecule has 2 atom stereocenters. The molecule has 2 heteroatoms. The van der Waals surface area contributed by atoms with Crippen molar-refractivity contribution in [2.75, 3.05) is 6.54 Å². The van der Waals surface area contributed by atoms with Crippen molar-refractivity contribution in [2.45, 2.75) is 39.5 Å². The third-order valence-corrected chi connectivity index (χ3v) is 3.65. The maximum atomic E-state index is 10.0. The van der Waals surface area contributed by atoms with Gasteiger partial charge in [0.15, 0.2) is 0 Å². The van der Waals surface area contributed by atoms with E-state index >= 15 is 0 Å². The van der Waals surface area contributed by atoms with Crippen molar-refractivity contribution in [1.82, 2.24) is 4.90 Å². The number of aliphatic hydroxyl groups excluding tert-OH is 1. The van der Waals surface area contributed by atoms with Crippen LogP contribution < -0.4 is 0 Å². The van der Waals surface area contributed by atoms with Crippen molar-refractivity contribution in [1.29, 1.82) is 0 Å². The second kappa shape index (κ2) is 4.98. The van der Waals surface area contributed by atoms with Crippen LogP contribution in [-0.4, -0.2) is 22.7 Å². The first kappa shape index (κ1) is 11.6. The molecule has 2 unspecified atom stereocenters. The first-order chi connectivity index (χ1) is 7.70. The first-order valence-electron chi connectivity index (χ1n) is 6.18. The predicted octanol–water partition coefficient (Wildman–Crippen LogP) is 2.41. The summed E-state index contributed by atoms with van der Waals surface area (Å²) in [6, 6.07) is 8.55. The molecule has 0 aliphatic carbocycles. The zero-order chi connectivity index (χ0) is 11.5. The molecule has 2 rings (SSSR count). The average molecular weight is 219 g/mol. The van der Waals surface area contributed by atoms with Gasteiger partial charge in [-0.05, 0) is 17.0 Å². The number of benzene rings is 1. The maximum Gasteiger partial charge on any atom is 0.0692 e. The molecule has 0 bridgehead atoms. The quantitative estimate of drug-likeness (QED) is 0.840. The molecule has 0 spiro atoms. The van der Waals surface area contributed by atoms with Crippen LogP contribution in [0, 0.1) is 5.92 Å². The van der Waals surface area contributed by atoms with Crippen molar-refractivity contribution >= 4 is 0 Å². The molecule has 1 aromatic rings.